The first kappa shape index (κ1) is 16.3. The third-order valence-electron chi connectivity index (χ3n) is 3.81. The number of aliphatic hydroxyl groups is 1. The number of nitrogens with zero attached hydrogens (tertiary/aromatic N) is 1. The van der Waals surface area contributed by atoms with Gasteiger partial charge in [0.2, 0.25) is 0 Å². The van der Waals surface area contributed by atoms with E-state index in [1.807, 2.05) is 13.8 Å². The molecule has 1 heterocycles. The van der Waals surface area contributed by atoms with Crippen LogP contribution in [0.1, 0.15) is 37.0 Å². The first-order valence-electron chi connectivity index (χ1n) is 7.33. The number of rotatable bonds is 6. The Kier molecular flexibility index (Phi) is 4.71. The summed E-state index contributed by atoms with van der Waals surface area (Å²) >= 11 is 0. The summed E-state index contributed by atoms with van der Waals surface area (Å²) in [5.74, 6) is -0.748. The van der Waals surface area contributed by atoms with Gasteiger partial charge < -0.3 is 14.8 Å². The van der Waals surface area contributed by atoms with Crippen LogP contribution in [0.15, 0.2) is 27.4 Å². The highest BCUT2D eigenvalue weighted by Crippen LogP contribution is 2.21. The molecule has 0 aliphatic rings. The minimum atomic E-state index is -0.486. The van der Waals surface area contributed by atoms with Crippen molar-refractivity contribution >= 4 is 17.0 Å². The van der Waals surface area contributed by atoms with E-state index in [-0.39, 0.29) is 17.9 Å². The Morgan fingerprint density at radius 1 is 1.41 bits per heavy atom. The highest BCUT2D eigenvalue weighted by atomic mass is 16.4. The number of oxazole rings is 1. The van der Waals surface area contributed by atoms with Crippen LogP contribution in [-0.2, 0) is 7.05 Å². The second kappa shape index (κ2) is 6.36. The number of carbonyl (C=O) groups excluding carboxylic acids is 1. The van der Waals surface area contributed by atoms with Crippen molar-refractivity contribution in [3.63, 3.8) is 0 Å². The molecule has 0 unspecified atom stereocenters. The quantitative estimate of drug-likeness (QED) is 0.795. The van der Waals surface area contributed by atoms with Gasteiger partial charge in [-0.05, 0) is 30.4 Å². The molecule has 6 heteroatoms. The van der Waals surface area contributed by atoms with Crippen molar-refractivity contribution in [1.82, 2.24) is 9.88 Å². The number of aromatic nitrogens is 1. The summed E-state index contributed by atoms with van der Waals surface area (Å²) in [4.78, 5) is 23.8. The molecule has 2 aromatic rings. The maximum absolute atomic E-state index is 12.2. The molecule has 0 aliphatic heterocycles. The van der Waals surface area contributed by atoms with Crippen LogP contribution in [0.3, 0.4) is 0 Å². The standard InChI is InChI=1S/C16H22N2O4/c1-16(2,10-19)8-5-9-17-14(20)11-6-4-7-12-13(11)22-15(21)18(12)3/h4,6-7,19H,5,8-10H2,1-3H3,(H,17,20). The van der Waals surface area contributed by atoms with Crippen LogP contribution in [0, 0.1) is 5.41 Å². The van der Waals surface area contributed by atoms with Crippen LogP contribution in [0.4, 0.5) is 0 Å². The van der Waals surface area contributed by atoms with Gasteiger partial charge in [-0.15, -0.1) is 0 Å². The predicted molar refractivity (Wildman–Crippen MR) is 83.9 cm³/mol. The maximum Gasteiger partial charge on any atom is 0.419 e. The smallest absolute Gasteiger partial charge is 0.407 e. The number of aliphatic hydroxyl groups excluding tert-OH is 1. The van der Waals surface area contributed by atoms with Crippen LogP contribution in [-0.4, -0.2) is 28.7 Å². The van der Waals surface area contributed by atoms with E-state index in [0.29, 0.717) is 23.2 Å². The van der Waals surface area contributed by atoms with Crippen LogP contribution in [0.2, 0.25) is 0 Å². The first-order chi connectivity index (χ1) is 10.4. The molecule has 0 radical (unpaired) electrons. The van der Waals surface area contributed by atoms with Crippen LogP contribution in [0.25, 0.3) is 11.1 Å². The van der Waals surface area contributed by atoms with Gasteiger partial charge in [-0.3, -0.25) is 9.36 Å². The topological polar surface area (TPSA) is 84.5 Å². The first-order valence-corrected chi connectivity index (χ1v) is 7.33. The van der Waals surface area contributed by atoms with Gasteiger partial charge in [-0.25, -0.2) is 4.79 Å². The van der Waals surface area contributed by atoms with Gasteiger partial charge in [0.05, 0.1) is 11.1 Å². The summed E-state index contributed by atoms with van der Waals surface area (Å²) in [7, 11) is 1.60. The molecule has 2 N–H and O–H groups in total. The molecule has 0 spiro atoms. The zero-order valence-corrected chi connectivity index (χ0v) is 13.2. The summed E-state index contributed by atoms with van der Waals surface area (Å²) in [5.41, 5.74) is 1.12. The molecule has 0 fully saturated rings. The van der Waals surface area contributed by atoms with Crippen molar-refractivity contribution in [1.29, 1.82) is 0 Å². The Hall–Kier alpha value is -2.08. The van der Waals surface area contributed by atoms with E-state index >= 15 is 0 Å². The fraction of sp³-hybridized carbons (Fsp3) is 0.500. The lowest BCUT2D eigenvalue weighted by Gasteiger charge is -2.21. The fourth-order valence-corrected chi connectivity index (χ4v) is 2.27. The number of benzene rings is 1. The van der Waals surface area contributed by atoms with Crippen LogP contribution < -0.4 is 11.1 Å². The van der Waals surface area contributed by atoms with Gasteiger partial charge >= 0.3 is 5.76 Å². The van der Waals surface area contributed by atoms with Crippen molar-refractivity contribution < 1.29 is 14.3 Å². The second-order valence-electron chi connectivity index (χ2n) is 6.26. The Morgan fingerprint density at radius 3 is 2.82 bits per heavy atom. The van der Waals surface area contributed by atoms with Crippen molar-refractivity contribution in [3.05, 3.63) is 34.3 Å². The fourth-order valence-electron chi connectivity index (χ4n) is 2.27. The SMILES string of the molecule is Cn1c(=O)oc2c(C(=O)NCCCC(C)(C)CO)cccc21. The van der Waals surface area contributed by atoms with E-state index in [1.165, 1.54) is 4.57 Å². The highest BCUT2D eigenvalue weighted by molar-refractivity contribution is 6.04. The molecule has 2 rings (SSSR count). The summed E-state index contributed by atoms with van der Waals surface area (Å²) in [6.07, 6.45) is 1.59. The molecule has 6 nitrogen and oxygen atoms in total. The average molecular weight is 306 g/mol. The number of amides is 1. The van der Waals surface area contributed by atoms with Crippen molar-refractivity contribution in [2.45, 2.75) is 26.7 Å². The second-order valence-corrected chi connectivity index (χ2v) is 6.26. The van der Waals surface area contributed by atoms with E-state index in [4.69, 9.17) is 4.42 Å². The molecule has 0 aliphatic carbocycles. The molecule has 0 saturated heterocycles. The van der Waals surface area contributed by atoms with E-state index in [2.05, 4.69) is 5.32 Å². The number of para-hydroxylation sites is 1. The molecule has 0 bridgehead atoms. The number of carbonyl (C=O) groups is 1. The molecule has 1 aromatic heterocycles. The number of aryl methyl sites for hydroxylation is 1. The summed E-state index contributed by atoms with van der Waals surface area (Å²) < 4.78 is 6.51. The average Bonchev–Trinajstić information content (AvgIpc) is 2.79. The summed E-state index contributed by atoms with van der Waals surface area (Å²) in [6, 6.07) is 5.10. The van der Waals surface area contributed by atoms with Crippen LogP contribution >= 0.6 is 0 Å². The normalized spacial score (nSPS) is 11.8. The lowest BCUT2D eigenvalue weighted by atomic mass is 9.89. The molecule has 1 aromatic carbocycles. The van der Waals surface area contributed by atoms with Crippen LogP contribution in [0.5, 0.6) is 0 Å². The van der Waals surface area contributed by atoms with Gasteiger partial charge in [-0.1, -0.05) is 19.9 Å². The maximum atomic E-state index is 12.2. The van der Waals surface area contributed by atoms with Crippen molar-refractivity contribution in [2.24, 2.45) is 12.5 Å². The third-order valence-corrected chi connectivity index (χ3v) is 3.81. The minimum absolute atomic E-state index is 0.120. The van der Waals surface area contributed by atoms with E-state index in [1.54, 1.807) is 25.2 Å². The predicted octanol–water partition coefficient (Wildman–Crippen LogP) is 1.66. The van der Waals surface area contributed by atoms with E-state index in [0.717, 1.165) is 12.8 Å². The van der Waals surface area contributed by atoms with Crippen molar-refractivity contribution in [2.75, 3.05) is 13.2 Å². The van der Waals surface area contributed by atoms with Gasteiger partial charge in [0.15, 0.2) is 5.58 Å². The third kappa shape index (κ3) is 3.39. The Morgan fingerprint density at radius 2 is 2.14 bits per heavy atom. The van der Waals surface area contributed by atoms with Gasteiger partial charge in [0, 0.05) is 20.2 Å². The molecule has 120 valence electrons. The zero-order valence-electron chi connectivity index (χ0n) is 13.2. The van der Waals surface area contributed by atoms with Crippen molar-refractivity contribution in [3.8, 4) is 0 Å². The number of fused-ring (bicyclic) bond motifs is 1. The Balaban J connectivity index is 2.05. The number of nitrogens with one attached hydrogen (secondary N) is 1. The highest BCUT2D eigenvalue weighted by Gasteiger charge is 2.17. The molecule has 0 atom stereocenters. The van der Waals surface area contributed by atoms with Gasteiger partial charge in [-0.2, -0.15) is 0 Å². The van der Waals surface area contributed by atoms with Gasteiger partial charge in [0.25, 0.3) is 5.91 Å². The Bertz CT molecular complexity index is 727. The van der Waals surface area contributed by atoms with Gasteiger partial charge in [0.1, 0.15) is 0 Å². The molecular weight excluding hydrogens is 284 g/mol. The lowest BCUT2D eigenvalue weighted by Crippen LogP contribution is -2.26. The number of hydrogen-bond acceptors (Lipinski definition) is 4. The monoisotopic (exact) mass is 306 g/mol. The molecule has 1 amide bonds. The lowest BCUT2D eigenvalue weighted by molar-refractivity contribution is 0.0949. The summed E-state index contributed by atoms with van der Waals surface area (Å²) in [6.45, 7) is 4.59. The Labute approximate surface area is 128 Å². The molecular formula is C16H22N2O4. The minimum Gasteiger partial charge on any atom is -0.407 e. The largest absolute Gasteiger partial charge is 0.419 e. The summed E-state index contributed by atoms with van der Waals surface area (Å²) in [5, 5.41) is 12.0. The zero-order chi connectivity index (χ0) is 16.3. The number of hydrogen-bond donors (Lipinski definition) is 2. The molecule has 0 saturated carbocycles. The van der Waals surface area contributed by atoms with E-state index < -0.39 is 5.76 Å². The van der Waals surface area contributed by atoms with E-state index in [9.17, 15) is 14.7 Å². The molecule has 22 heavy (non-hydrogen) atoms.